The molecule has 1 unspecified atom stereocenters. The normalized spacial score (nSPS) is 17.6. The smallest absolute Gasteiger partial charge is 0.290 e. The third kappa shape index (κ3) is 3.07. The van der Waals surface area contributed by atoms with Crippen LogP contribution < -0.4 is 0 Å². The molecule has 0 N–H and O–H groups in total. The Hall–Kier alpha value is -2.89. The first kappa shape index (κ1) is 15.6. The molecule has 1 saturated heterocycles. The number of aryl methyl sites for hydroxylation is 1. The predicted octanol–water partition coefficient (Wildman–Crippen LogP) is 4.01. The molecule has 25 heavy (non-hydrogen) atoms. The second kappa shape index (κ2) is 6.55. The summed E-state index contributed by atoms with van der Waals surface area (Å²) in [5.74, 6) is 1.24. The number of rotatable bonds is 3. The number of benzene rings is 1. The Bertz CT molecular complexity index is 870. The molecule has 0 aliphatic carbocycles. The van der Waals surface area contributed by atoms with Crippen LogP contribution in [0.5, 0.6) is 0 Å². The summed E-state index contributed by atoms with van der Waals surface area (Å²) in [5, 5.41) is 4.11. The highest BCUT2D eigenvalue weighted by atomic mass is 16.5. The van der Waals surface area contributed by atoms with Crippen LogP contribution in [0.25, 0.3) is 11.4 Å². The average molecular weight is 337 g/mol. The van der Waals surface area contributed by atoms with Crippen molar-refractivity contribution in [3.63, 3.8) is 0 Å². The molecule has 1 amide bonds. The van der Waals surface area contributed by atoms with Crippen molar-refractivity contribution < 1.29 is 13.7 Å². The number of carbonyl (C=O) groups is 1. The maximum atomic E-state index is 12.7. The van der Waals surface area contributed by atoms with Crippen LogP contribution in [0.2, 0.25) is 0 Å². The lowest BCUT2D eigenvalue weighted by atomic mass is 10.0. The number of hydrogen-bond donors (Lipinski definition) is 0. The number of hydrogen-bond acceptors (Lipinski definition) is 5. The number of aromatic nitrogens is 2. The molecule has 0 spiro atoms. The van der Waals surface area contributed by atoms with E-state index < -0.39 is 0 Å². The van der Waals surface area contributed by atoms with Crippen LogP contribution in [0.3, 0.4) is 0 Å². The van der Waals surface area contributed by atoms with E-state index in [1.54, 1.807) is 17.0 Å². The van der Waals surface area contributed by atoms with Crippen molar-refractivity contribution in [1.29, 1.82) is 0 Å². The Morgan fingerprint density at radius 2 is 2.16 bits per heavy atom. The Balaban J connectivity index is 1.62. The van der Waals surface area contributed by atoms with Crippen LogP contribution in [0.4, 0.5) is 0 Å². The van der Waals surface area contributed by atoms with E-state index >= 15 is 0 Å². The van der Waals surface area contributed by atoms with Crippen LogP contribution in [0.1, 0.15) is 47.3 Å². The standard InChI is InChI=1S/C19H19N3O3/c1-13-6-4-7-14(12-13)17-20-18(25-21-17)15-8-2-3-10-22(15)19(23)16-9-5-11-24-16/h4-7,9,11-12,15H,2-3,8,10H2,1H3. The van der Waals surface area contributed by atoms with Gasteiger partial charge in [-0.2, -0.15) is 4.98 Å². The molecule has 0 saturated carbocycles. The zero-order valence-electron chi connectivity index (χ0n) is 14.0. The van der Waals surface area contributed by atoms with E-state index in [1.807, 2.05) is 31.2 Å². The summed E-state index contributed by atoms with van der Waals surface area (Å²) in [5.41, 5.74) is 2.05. The average Bonchev–Trinajstić information content (AvgIpc) is 3.33. The minimum absolute atomic E-state index is 0.134. The molecule has 2 aromatic heterocycles. The summed E-state index contributed by atoms with van der Waals surface area (Å²) in [6.45, 7) is 2.68. The summed E-state index contributed by atoms with van der Waals surface area (Å²) >= 11 is 0. The van der Waals surface area contributed by atoms with Gasteiger partial charge in [-0.1, -0.05) is 28.9 Å². The summed E-state index contributed by atoms with van der Waals surface area (Å²) in [4.78, 5) is 19.0. The molecule has 0 radical (unpaired) electrons. The van der Waals surface area contributed by atoms with Gasteiger partial charge in [0.1, 0.15) is 6.04 Å². The van der Waals surface area contributed by atoms with Crippen LogP contribution in [-0.2, 0) is 0 Å². The van der Waals surface area contributed by atoms with E-state index in [0.29, 0.717) is 24.0 Å². The van der Waals surface area contributed by atoms with E-state index in [4.69, 9.17) is 8.94 Å². The predicted molar refractivity (Wildman–Crippen MR) is 90.8 cm³/mol. The molecule has 1 aliphatic rings. The van der Waals surface area contributed by atoms with Gasteiger partial charge in [0.15, 0.2) is 5.76 Å². The first-order valence-corrected chi connectivity index (χ1v) is 8.47. The molecule has 6 nitrogen and oxygen atoms in total. The molecule has 3 heterocycles. The van der Waals surface area contributed by atoms with E-state index in [0.717, 1.165) is 30.4 Å². The van der Waals surface area contributed by atoms with Gasteiger partial charge in [0, 0.05) is 12.1 Å². The summed E-state index contributed by atoms with van der Waals surface area (Å²) in [6, 6.07) is 11.1. The number of amides is 1. The zero-order chi connectivity index (χ0) is 17.2. The summed E-state index contributed by atoms with van der Waals surface area (Å²) in [6.07, 6.45) is 4.30. The van der Waals surface area contributed by atoms with E-state index in [1.165, 1.54) is 6.26 Å². The molecule has 128 valence electrons. The SMILES string of the molecule is Cc1cccc(-c2noc(C3CCCCN3C(=O)c3ccco3)n2)c1. The summed E-state index contributed by atoms with van der Waals surface area (Å²) in [7, 11) is 0. The Labute approximate surface area is 145 Å². The maximum Gasteiger partial charge on any atom is 0.290 e. The number of furan rings is 1. The number of piperidine rings is 1. The third-order valence-corrected chi connectivity index (χ3v) is 4.50. The number of carbonyl (C=O) groups excluding carboxylic acids is 1. The van der Waals surface area contributed by atoms with Gasteiger partial charge < -0.3 is 13.8 Å². The molecular weight excluding hydrogens is 318 g/mol. The van der Waals surface area contributed by atoms with Gasteiger partial charge in [-0.3, -0.25) is 4.79 Å². The Morgan fingerprint density at radius 3 is 2.96 bits per heavy atom. The fourth-order valence-electron chi connectivity index (χ4n) is 3.25. The van der Waals surface area contributed by atoms with Crippen molar-refractivity contribution in [3.05, 3.63) is 59.9 Å². The Kier molecular flexibility index (Phi) is 4.09. The molecule has 1 fully saturated rings. The van der Waals surface area contributed by atoms with Crippen molar-refractivity contribution in [2.75, 3.05) is 6.54 Å². The van der Waals surface area contributed by atoms with Crippen LogP contribution in [-0.4, -0.2) is 27.5 Å². The van der Waals surface area contributed by atoms with Crippen molar-refractivity contribution >= 4 is 5.91 Å². The monoisotopic (exact) mass is 337 g/mol. The van der Waals surface area contributed by atoms with Gasteiger partial charge in [0.25, 0.3) is 5.91 Å². The molecule has 1 aromatic carbocycles. The molecule has 1 aliphatic heterocycles. The second-order valence-corrected chi connectivity index (χ2v) is 6.31. The largest absolute Gasteiger partial charge is 0.459 e. The molecule has 4 rings (SSSR count). The topological polar surface area (TPSA) is 72.4 Å². The molecule has 1 atom stereocenters. The quantitative estimate of drug-likeness (QED) is 0.722. The van der Waals surface area contributed by atoms with Gasteiger partial charge in [0.2, 0.25) is 11.7 Å². The lowest BCUT2D eigenvalue weighted by Gasteiger charge is -2.32. The van der Waals surface area contributed by atoms with Gasteiger partial charge in [0.05, 0.1) is 6.26 Å². The van der Waals surface area contributed by atoms with E-state index in [2.05, 4.69) is 10.1 Å². The minimum Gasteiger partial charge on any atom is -0.459 e. The van der Waals surface area contributed by atoms with Gasteiger partial charge >= 0.3 is 0 Å². The maximum absolute atomic E-state index is 12.7. The van der Waals surface area contributed by atoms with Crippen LogP contribution in [0, 0.1) is 6.92 Å². The van der Waals surface area contributed by atoms with Gasteiger partial charge in [-0.05, 0) is 44.4 Å². The highest BCUT2D eigenvalue weighted by Crippen LogP contribution is 2.32. The van der Waals surface area contributed by atoms with Crippen molar-refractivity contribution in [1.82, 2.24) is 15.0 Å². The van der Waals surface area contributed by atoms with Crippen molar-refractivity contribution in [2.24, 2.45) is 0 Å². The third-order valence-electron chi connectivity index (χ3n) is 4.50. The van der Waals surface area contributed by atoms with Crippen molar-refractivity contribution in [2.45, 2.75) is 32.2 Å². The molecule has 3 aromatic rings. The lowest BCUT2D eigenvalue weighted by molar-refractivity contribution is 0.0529. The van der Waals surface area contributed by atoms with Gasteiger partial charge in [-0.25, -0.2) is 0 Å². The summed E-state index contributed by atoms with van der Waals surface area (Å²) < 4.78 is 10.8. The number of nitrogens with zero attached hydrogens (tertiary/aromatic N) is 3. The lowest BCUT2D eigenvalue weighted by Crippen LogP contribution is -2.38. The first-order valence-electron chi connectivity index (χ1n) is 8.47. The first-order chi connectivity index (χ1) is 12.2. The molecule has 0 bridgehead atoms. The fourth-order valence-corrected chi connectivity index (χ4v) is 3.25. The number of likely N-dealkylation sites (tertiary alicyclic amines) is 1. The van der Waals surface area contributed by atoms with E-state index in [9.17, 15) is 4.79 Å². The Morgan fingerprint density at radius 1 is 1.24 bits per heavy atom. The van der Waals surface area contributed by atoms with Gasteiger partial charge in [-0.15, -0.1) is 0 Å². The minimum atomic E-state index is -0.211. The highest BCUT2D eigenvalue weighted by Gasteiger charge is 2.33. The highest BCUT2D eigenvalue weighted by molar-refractivity contribution is 5.91. The van der Waals surface area contributed by atoms with Crippen molar-refractivity contribution in [3.8, 4) is 11.4 Å². The molecular formula is C19H19N3O3. The zero-order valence-corrected chi connectivity index (χ0v) is 14.0. The second-order valence-electron chi connectivity index (χ2n) is 6.31. The molecule has 6 heteroatoms. The van der Waals surface area contributed by atoms with Crippen LogP contribution in [0.15, 0.2) is 51.6 Å². The fraction of sp³-hybridized carbons (Fsp3) is 0.316. The van der Waals surface area contributed by atoms with E-state index in [-0.39, 0.29) is 11.9 Å². The van der Waals surface area contributed by atoms with Crippen LogP contribution >= 0.6 is 0 Å².